The van der Waals surface area contributed by atoms with Crippen LogP contribution in [0.2, 0.25) is 5.02 Å². The van der Waals surface area contributed by atoms with E-state index in [2.05, 4.69) is 15.9 Å². The van der Waals surface area contributed by atoms with E-state index < -0.39 is 6.04 Å². The molecule has 2 N–H and O–H groups in total. The summed E-state index contributed by atoms with van der Waals surface area (Å²) in [5.74, 6) is -0.327. The van der Waals surface area contributed by atoms with Crippen molar-refractivity contribution in [1.29, 1.82) is 0 Å². The van der Waals surface area contributed by atoms with Gasteiger partial charge < -0.3 is 5.73 Å². The van der Waals surface area contributed by atoms with Gasteiger partial charge in [-0.05, 0) is 23.6 Å². The van der Waals surface area contributed by atoms with Gasteiger partial charge in [0.05, 0.1) is 11.1 Å². The molecule has 2 rings (SSSR count). The summed E-state index contributed by atoms with van der Waals surface area (Å²) in [4.78, 5) is 0.780. The van der Waals surface area contributed by atoms with E-state index in [1.807, 2.05) is 5.38 Å². The van der Waals surface area contributed by atoms with Crippen molar-refractivity contribution < 1.29 is 4.39 Å². The summed E-state index contributed by atoms with van der Waals surface area (Å²) in [6.45, 7) is 0. The van der Waals surface area contributed by atoms with Crippen LogP contribution in [-0.2, 0) is 0 Å². The van der Waals surface area contributed by atoms with Crippen LogP contribution in [0.5, 0.6) is 0 Å². The lowest BCUT2D eigenvalue weighted by molar-refractivity contribution is 0.600. The molecule has 2 aromatic rings. The second-order valence-electron chi connectivity index (χ2n) is 3.28. The molecule has 0 fully saturated rings. The van der Waals surface area contributed by atoms with Crippen molar-refractivity contribution in [2.75, 3.05) is 0 Å². The maximum atomic E-state index is 13.7. The van der Waals surface area contributed by atoms with Crippen molar-refractivity contribution in [1.82, 2.24) is 0 Å². The van der Waals surface area contributed by atoms with Crippen molar-refractivity contribution in [3.63, 3.8) is 0 Å². The first-order chi connectivity index (χ1) is 7.59. The monoisotopic (exact) mass is 319 g/mol. The summed E-state index contributed by atoms with van der Waals surface area (Å²) in [6, 6.07) is 6.08. The number of thiophene rings is 1. The Labute approximate surface area is 110 Å². The van der Waals surface area contributed by atoms with Crippen LogP contribution in [-0.4, -0.2) is 0 Å². The Kier molecular flexibility index (Phi) is 3.64. The van der Waals surface area contributed by atoms with Crippen molar-refractivity contribution in [3.8, 4) is 0 Å². The third kappa shape index (κ3) is 2.30. The van der Waals surface area contributed by atoms with Crippen molar-refractivity contribution in [2.45, 2.75) is 6.04 Å². The van der Waals surface area contributed by atoms with E-state index in [-0.39, 0.29) is 5.82 Å². The molecule has 1 atom stereocenters. The van der Waals surface area contributed by atoms with Crippen molar-refractivity contribution in [3.05, 3.63) is 55.4 Å². The van der Waals surface area contributed by atoms with Gasteiger partial charge in [-0.2, -0.15) is 0 Å². The van der Waals surface area contributed by atoms with Crippen molar-refractivity contribution >= 4 is 38.9 Å². The maximum absolute atomic E-state index is 13.7. The molecule has 1 unspecified atom stereocenters. The lowest BCUT2D eigenvalue weighted by atomic mass is 10.1. The van der Waals surface area contributed by atoms with Gasteiger partial charge in [0, 0.05) is 14.9 Å². The molecule has 0 saturated heterocycles. The first-order valence-electron chi connectivity index (χ1n) is 4.53. The minimum atomic E-state index is -0.513. The summed E-state index contributed by atoms with van der Waals surface area (Å²) in [5.41, 5.74) is 6.43. The molecule has 1 aromatic carbocycles. The van der Waals surface area contributed by atoms with Gasteiger partial charge >= 0.3 is 0 Å². The van der Waals surface area contributed by atoms with Gasteiger partial charge in [0.1, 0.15) is 5.82 Å². The fourth-order valence-corrected chi connectivity index (χ4v) is 2.95. The van der Waals surface area contributed by atoms with Crippen LogP contribution in [0.3, 0.4) is 0 Å². The highest BCUT2D eigenvalue weighted by Gasteiger charge is 2.17. The van der Waals surface area contributed by atoms with E-state index in [0.29, 0.717) is 15.1 Å². The number of halogens is 3. The third-order valence-corrected chi connectivity index (χ3v) is 4.16. The molecule has 84 valence electrons. The highest BCUT2D eigenvalue weighted by Crippen LogP contribution is 2.32. The molecule has 0 bridgehead atoms. The van der Waals surface area contributed by atoms with E-state index in [9.17, 15) is 4.39 Å². The number of nitrogens with two attached hydrogens (primary N) is 1. The average Bonchev–Trinajstić information content (AvgIpc) is 2.63. The van der Waals surface area contributed by atoms with Crippen LogP contribution in [0.25, 0.3) is 0 Å². The summed E-state index contributed by atoms with van der Waals surface area (Å²) in [6.07, 6.45) is 0. The predicted octanol–water partition coefficient (Wildman–Crippen LogP) is 4.35. The average molecular weight is 321 g/mol. The highest BCUT2D eigenvalue weighted by molar-refractivity contribution is 9.10. The summed E-state index contributed by atoms with van der Waals surface area (Å²) in [5, 5.41) is 2.42. The Morgan fingerprint density at radius 1 is 1.38 bits per heavy atom. The first kappa shape index (κ1) is 12.0. The molecule has 0 radical (unpaired) electrons. The molecule has 1 nitrogen and oxygen atoms in total. The van der Waals surface area contributed by atoms with E-state index in [1.165, 1.54) is 17.4 Å². The Balaban J connectivity index is 2.41. The molecule has 16 heavy (non-hydrogen) atoms. The van der Waals surface area contributed by atoms with Gasteiger partial charge in [-0.15, -0.1) is 11.3 Å². The zero-order chi connectivity index (χ0) is 11.7. The Bertz CT molecular complexity index is 514. The number of benzene rings is 1. The second-order valence-corrected chi connectivity index (χ2v) is 5.55. The van der Waals surface area contributed by atoms with Gasteiger partial charge in [-0.1, -0.05) is 33.6 Å². The SMILES string of the molecule is NC(c1ccc(Br)cc1F)c1sccc1Cl. The predicted molar refractivity (Wildman–Crippen MR) is 69.5 cm³/mol. The topological polar surface area (TPSA) is 26.0 Å². The quantitative estimate of drug-likeness (QED) is 0.874. The van der Waals surface area contributed by atoms with Gasteiger partial charge in [0.15, 0.2) is 0 Å². The molecule has 0 amide bonds. The fourth-order valence-electron chi connectivity index (χ4n) is 1.42. The second kappa shape index (κ2) is 4.84. The molecular formula is C11H8BrClFNS. The smallest absolute Gasteiger partial charge is 0.129 e. The summed E-state index contributed by atoms with van der Waals surface area (Å²) < 4.78 is 14.4. The van der Waals surface area contributed by atoms with Crippen molar-refractivity contribution in [2.24, 2.45) is 5.73 Å². The Morgan fingerprint density at radius 2 is 2.12 bits per heavy atom. The Morgan fingerprint density at radius 3 is 2.69 bits per heavy atom. The molecule has 0 aliphatic rings. The molecule has 0 saturated carbocycles. The van der Waals surface area contributed by atoms with Gasteiger partial charge in [-0.25, -0.2) is 4.39 Å². The summed E-state index contributed by atoms with van der Waals surface area (Å²) in [7, 11) is 0. The minimum Gasteiger partial charge on any atom is -0.319 e. The molecule has 1 aromatic heterocycles. The van der Waals surface area contributed by atoms with E-state index in [1.54, 1.807) is 18.2 Å². The van der Waals surface area contributed by atoms with E-state index >= 15 is 0 Å². The van der Waals surface area contributed by atoms with Crippen LogP contribution in [0.4, 0.5) is 4.39 Å². The van der Waals surface area contributed by atoms with Crippen LogP contribution in [0, 0.1) is 5.82 Å². The Hall–Kier alpha value is -0.420. The zero-order valence-electron chi connectivity index (χ0n) is 8.08. The van der Waals surface area contributed by atoms with Crippen LogP contribution < -0.4 is 5.73 Å². The minimum absolute atomic E-state index is 0.327. The van der Waals surface area contributed by atoms with E-state index in [4.69, 9.17) is 17.3 Å². The first-order valence-corrected chi connectivity index (χ1v) is 6.58. The molecule has 5 heteroatoms. The van der Waals surface area contributed by atoms with Crippen LogP contribution in [0.1, 0.15) is 16.5 Å². The molecule has 0 aliphatic heterocycles. The van der Waals surface area contributed by atoms with Crippen LogP contribution >= 0.6 is 38.9 Å². The standard InChI is InChI=1S/C11H8BrClFNS/c12-6-1-2-7(9(14)5-6)10(15)11-8(13)3-4-16-11/h1-5,10H,15H2. The maximum Gasteiger partial charge on any atom is 0.129 e. The number of rotatable bonds is 2. The zero-order valence-corrected chi connectivity index (χ0v) is 11.2. The molecule has 0 aliphatic carbocycles. The fraction of sp³-hybridized carbons (Fsp3) is 0.0909. The van der Waals surface area contributed by atoms with Gasteiger partial charge in [0.25, 0.3) is 0 Å². The number of hydrogen-bond acceptors (Lipinski definition) is 2. The van der Waals surface area contributed by atoms with Gasteiger partial charge in [0.2, 0.25) is 0 Å². The molecule has 1 heterocycles. The third-order valence-electron chi connectivity index (χ3n) is 2.22. The molecule has 0 spiro atoms. The van der Waals surface area contributed by atoms with Gasteiger partial charge in [-0.3, -0.25) is 0 Å². The van der Waals surface area contributed by atoms with Crippen LogP contribution in [0.15, 0.2) is 34.1 Å². The normalized spacial score (nSPS) is 12.8. The lowest BCUT2D eigenvalue weighted by Gasteiger charge is -2.12. The highest BCUT2D eigenvalue weighted by atomic mass is 79.9. The molecular weight excluding hydrogens is 313 g/mol. The largest absolute Gasteiger partial charge is 0.319 e. The van der Waals surface area contributed by atoms with E-state index in [0.717, 1.165) is 4.88 Å². The number of hydrogen-bond donors (Lipinski definition) is 1. The summed E-state index contributed by atoms with van der Waals surface area (Å²) >= 11 is 10.6. The lowest BCUT2D eigenvalue weighted by Crippen LogP contribution is -2.12.